The zero-order valence-electron chi connectivity index (χ0n) is 6.86. The monoisotopic (exact) mass is 169 g/mol. The van der Waals surface area contributed by atoms with Crippen LogP contribution in [0.1, 0.15) is 12.8 Å². The molecule has 0 amide bonds. The van der Waals surface area contributed by atoms with Gasteiger partial charge in [-0.3, -0.25) is 9.79 Å². The molecule has 1 aliphatic rings. The van der Waals surface area contributed by atoms with Gasteiger partial charge in [0.05, 0.1) is 18.2 Å². The zero-order chi connectivity index (χ0) is 8.97. The molecule has 1 rings (SSSR count). The Kier molecular flexibility index (Phi) is 2.99. The van der Waals surface area contributed by atoms with Gasteiger partial charge in [-0.05, 0) is 6.42 Å². The fourth-order valence-corrected chi connectivity index (χ4v) is 1.10. The van der Waals surface area contributed by atoms with Crippen LogP contribution in [0.2, 0.25) is 0 Å². The molecule has 0 aromatic carbocycles. The Hall–Kier alpha value is -1.16. The number of carbonyl (C=O) groups is 1. The van der Waals surface area contributed by atoms with Crippen LogP contribution in [0.4, 0.5) is 0 Å². The van der Waals surface area contributed by atoms with E-state index in [4.69, 9.17) is 9.84 Å². The Morgan fingerprint density at radius 2 is 2.67 bits per heavy atom. The van der Waals surface area contributed by atoms with Crippen LogP contribution in [0.25, 0.3) is 0 Å². The normalized spacial score (nSPS) is 22.1. The predicted octanol–water partition coefficient (Wildman–Crippen LogP) is 0.835. The quantitative estimate of drug-likeness (QED) is 0.680. The third-order valence-electron chi connectivity index (χ3n) is 1.68. The SMILES string of the molecule is COC1CC=CN=C1CC(=O)O. The van der Waals surface area contributed by atoms with Crippen LogP contribution in [-0.2, 0) is 9.53 Å². The molecule has 1 atom stereocenters. The number of carboxylic acid groups (broad SMARTS) is 1. The maximum atomic E-state index is 10.4. The first-order chi connectivity index (χ1) is 5.74. The van der Waals surface area contributed by atoms with Crippen molar-refractivity contribution in [1.82, 2.24) is 0 Å². The van der Waals surface area contributed by atoms with Crippen molar-refractivity contribution in [2.45, 2.75) is 18.9 Å². The van der Waals surface area contributed by atoms with Crippen molar-refractivity contribution in [3.05, 3.63) is 12.3 Å². The Bertz CT molecular complexity index is 232. The number of hydrogen-bond donors (Lipinski definition) is 1. The number of ether oxygens (including phenoxy) is 1. The molecular formula is C8H11NO3. The molecule has 0 aromatic heterocycles. The van der Waals surface area contributed by atoms with Gasteiger partial charge in [0.1, 0.15) is 0 Å². The number of hydrogen-bond acceptors (Lipinski definition) is 3. The van der Waals surface area contributed by atoms with Gasteiger partial charge in [0.25, 0.3) is 0 Å². The molecule has 4 heteroatoms. The van der Waals surface area contributed by atoms with Gasteiger partial charge in [-0.15, -0.1) is 0 Å². The molecular weight excluding hydrogens is 158 g/mol. The Labute approximate surface area is 70.6 Å². The number of aliphatic imine (C=N–C) groups is 1. The maximum Gasteiger partial charge on any atom is 0.309 e. The average Bonchev–Trinajstić information content (AvgIpc) is 2.04. The molecule has 1 unspecified atom stereocenters. The van der Waals surface area contributed by atoms with Gasteiger partial charge in [0.2, 0.25) is 0 Å². The van der Waals surface area contributed by atoms with Crippen LogP contribution in [0, 0.1) is 0 Å². The minimum absolute atomic E-state index is 0.0388. The largest absolute Gasteiger partial charge is 0.481 e. The highest BCUT2D eigenvalue weighted by atomic mass is 16.5. The summed E-state index contributed by atoms with van der Waals surface area (Å²) in [7, 11) is 1.56. The molecule has 0 bridgehead atoms. The fraction of sp³-hybridized carbons (Fsp3) is 0.500. The van der Waals surface area contributed by atoms with E-state index < -0.39 is 5.97 Å². The van der Waals surface area contributed by atoms with Crippen molar-refractivity contribution >= 4 is 11.7 Å². The summed E-state index contributed by atoms with van der Waals surface area (Å²) < 4.78 is 5.06. The van der Waals surface area contributed by atoms with E-state index in [9.17, 15) is 4.79 Å². The highest BCUT2D eigenvalue weighted by Crippen LogP contribution is 2.10. The second-order valence-corrected chi connectivity index (χ2v) is 2.54. The first kappa shape index (κ1) is 8.93. The average molecular weight is 169 g/mol. The van der Waals surface area contributed by atoms with E-state index in [1.165, 1.54) is 0 Å². The second kappa shape index (κ2) is 4.01. The standard InChI is InChI=1S/C8H11NO3/c1-12-7-3-2-4-9-6(7)5-8(10)11/h2,4,7H,3,5H2,1H3,(H,10,11). The van der Waals surface area contributed by atoms with E-state index in [0.717, 1.165) is 0 Å². The molecule has 0 aliphatic carbocycles. The summed E-state index contributed by atoms with van der Waals surface area (Å²) in [6.07, 6.45) is 3.99. The van der Waals surface area contributed by atoms with Crippen molar-refractivity contribution in [2.75, 3.05) is 7.11 Å². The summed E-state index contributed by atoms with van der Waals surface area (Å²) in [5.41, 5.74) is 0.590. The first-order valence-electron chi connectivity index (χ1n) is 3.70. The molecule has 66 valence electrons. The third kappa shape index (κ3) is 2.17. The Morgan fingerprint density at radius 3 is 3.25 bits per heavy atom. The van der Waals surface area contributed by atoms with Crippen LogP contribution in [0.3, 0.4) is 0 Å². The smallest absolute Gasteiger partial charge is 0.309 e. The number of nitrogens with zero attached hydrogens (tertiary/aromatic N) is 1. The molecule has 0 fully saturated rings. The van der Waals surface area contributed by atoms with Gasteiger partial charge in [-0.1, -0.05) is 6.08 Å². The lowest BCUT2D eigenvalue weighted by Crippen LogP contribution is -2.26. The summed E-state index contributed by atoms with van der Waals surface area (Å²) >= 11 is 0. The minimum Gasteiger partial charge on any atom is -0.481 e. The second-order valence-electron chi connectivity index (χ2n) is 2.54. The van der Waals surface area contributed by atoms with Gasteiger partial charge in [-0.25, -0.2) is 0 Å². The first-order valence-corrected chi connectivity index (χ1v) is 3.70. The van der Waals surface area contributed by atoms with Crippen LogP contribution in [0.15, 0.2) is 17.3 Å². The number of carboxylic acids is 1. The molecule has 1 N–H and O–H groups in total. The van der Waals surface area contributed by atoms with Crippen molar-refractivity contribution in [3.8, 4) is 0 Å². The van der Waals surface area contributed by atoms with E-state index >= 15 is 0 Å². The molecule has 1 aliphatic heterocycles. The van der Waals surface area contributed by atoms with Crippen molar-refractivity contribution in [2.24, 2.45) is 4.99 Å². The van der Waals surface area contributed by atoms with Crippen molar-refractivity contribution < 1.29 is 14.6 Å². The van der Waals surface area contributed by atoms with E-state index in [1.54, 1.807) is 13.3 Å². The fourth-order valence-electron chi connectivity index (χ4n) is 1.10. The van der Waals surface area contributed by atoms with Gasteiger partial charge < -0.3 is 9.84 Å². The van der Waals surface area contributed by atoms with E-state index in [-0.39, 0.29) is 12.5 Å². The molecule has 0 radical (unpaired) electrons. The molecule has 0 saturated carbocycles. The van der Waals surface area contributed by atoms with Crippen molar-refractivity contribution in [3.63, 3.8) is 0 Å². The highest BCUT2D eigenvalue weighted by molar-refractivity contribution is 6.01. The minimum atomic E-state index is -0.869. The maximum absolute atomic E-state index is 10.4. The molecule has 4 nitrogen and oxygen atoms in total. The van der Waals surface area contributed by atoms with Gasteiger partial charge in [0, 0.05) is 13.3 Å². The summed E-state index contributed by atoms with van der Waals surface area (Å²) in [5, 5.41) is 8.52. The van der Waals surface area contributed by atoms with Gasteiger partial charge >= 0.3 is 5.97 Å². The lowest BCUT2D eigenvalue weighted by Gasteiger charge is -2.16. The molecule has 0 aromatic rings. The summed E-state index contributed by atoms with van der Waals surface area (Å²) in [6.45, 7) is 0. The van der Waals surface area contributed by atoms with Crippen LogP contribution in [0.5, 0.6) is 0 Å². The lowest BCUT2D eigenvalue weighted by molar-refractivity contribution is -0.135. The highest BCUT2D eigenvalue weighted by Gasteiger charge is 2.18. The zero-order valence-corrected chi connectivity index (χ0v) is 6.86. The summed E-state index contributed by atoms with van der Waals surface area (Å²) in [6, 6.07) is 0. The Balaban J connectivity index is 2.63. The summed E-state index contributed by atoms with van der Waals surface area (Å²) in [4.78, 5) is 14.3. The molecule has 0 spiro atoms. The number of rotatable bonds is 3. The van der Waals surface area contributed by atoms with E-state index in [0.29, 0.717) is 12.1 Å². The third-order valence-corrected chi connectivity index (χ3v) is 1.68. The molecule has 1 heterocycles. The summed E-state index contributed by atoms with van der Waals surface area (Å²) in [5.74, 6) is -0.869. The lowest BCUT2D eigenvalue weighted by atomic mass is 10.1. The topological polar surface area (TPSA) is 58.9 Å². The molecule has 12 heavy (non-hydrogen) atoms. The number of aliphatic carboxylic acids is 1. The van der Waals surface area contributed by atoms with Crippen molar-refractivity contribution in [1.29, 1.82) is 0 Å². The Morgan fingerprint density at radius 1 is 1.92 bits per heavy atom. The van der Waals surface area contributed by atoms with Crippen LogP contribution >= 0.6 is 0 Å². The van der Waals surface area contributed by atoms with E-state index in [1.807, 2.05) is 6.08 Å². The van der Waals surface area contributed by atoms with Gasteiger partial charge in [-0.2, -0.15) is 0 Å². The van der Waals surface area contributed by atoms with Gasteiger partial charge in [0.15, 0.2) is 0 Å². The number of methoxy groups -OCH3 is 1. The van der Waals surface area contributed by atoms with Crippen LogP contribution < -0.4 is 0 Å². The predicted molar refractivity (Wildman–Crippen MR) is 44.2 cm³/mol. The molecule has 0 saturated heterocycles. The van der Waals surface area contributed by atoms with E-state index in [2.05, 4.69) is 4.99 Å². The van der Waals surface area contributed by atoms with Crippen LogP contribution in [-0.4, -0.2) is 30.0 Å².